The van der Waals surface area contributed by atoms with Gasteiger partial charge in [-0.25, -0.2) is 0 Å². The number of aliphatic hydroxyl groups excluding tert-OH is 1. The number of aromatic nitrogens is 3. The Bertz CT molecular complexity index is 989. The van der Waals surface area contributed by atoms with Crippen molar-refractivity contribution in [3.05, 3.63) is 83.2 Å². The number of β-amino-alcohol motifs (C(OH)–C–C–N with tert-alkyl or cyclic N) is 1. The SMILES string of the molecule is Cc1cc(C2C(c3ccccn3)NC(=S)N2CCO)c(C)n1Cc1ccncc1. The van der Waals surface area contributed by atoms with E-state index in [1.54, 1.807) is 6.20 Å². The van der Waals surface area contributed by atoms with Crippen LogP contribution in [0.25, 0.3) is 0 Å². The van der Waals surface area contributed by atoms with Crippen LogP contribution in [0.3, 0.4) is 0 Å². The van der Waals surface area contributed by atoms with Gasteiger partial charge in [0.1, 0.15) is 0 Å². The molecular weight excluding hydrogens is 382 g/mol. The predicted molar refractivity (Wildman–Crippen MR) is 116 cm³/mol. The fourth-order valence-corrected chi connectivity index (χ4v) is 4.47. The van der Waals surface area contributed by atoms with Gasteiger partial charge in [0, 0.05) is 43.1 Å². The minimum atomic E-state index is -0.0647. The van der Waals surface area contributed by atoms with E-state index in [0.29, 0.717) is 11.7 Å². The third-order valence-corrected chi connectivity index (χ3v) is 5.91. The molecule has 4 heterocycles. The van der Waals surface area contributed by atoms with Crippen LogP contribution in [-0.4, -0.2) is 42.8 Å². The first-order valence-electron chi connectivity index (χ1n) is 9.74. The van der Waals surface area contributed by atoms with E-state index in [1.807, 2.05) is 42.7 Å². The van der Waals surface area contributed by atoms with Gasteiger partial charge in [-0.15, -0.1) is 0 Å². The van der Waals surface area contributed by atoms with Gasteiger partial charge in [0.2, 0.25) is 0 Å². The van der Waals surface area contributed by atoms with Crippen LogP contribution < -0.4 is 5.32 Å². The largest absolute Gasteiger partial charge is 0.395 e. The van der Waals surface area contributed by atoms with Crippen LogP contribution in [-0.2, 0) is 6.54 Å². The van der Waals surface area contributed by atoms with E-state index in [9.17, 15) is 5.11 Å². The number of pyridine rings is 2. The minimum absolute atomic E-state index is 0.0260. The van der Waals surface area contributed by atoms with E-state index >= 15 is 0 Å². The molecule has 1 aliphatic rings. The quantitative estimate of drug-likeness (QED) is 0.613. The summed E-state index contributed by atoms with van der Waals surface area (Å²) in [6.45, 7) is 5.60. The lowest BCUT2D eigenvalue weighted by atomic mass is 9.97. The van der Waals surface area contributed by atoms with Crippen molar-refractivity contribution >= 4 is 17.3 Å². The molecule has 2 unspecified atom stereocenters. The van der Waals surface area contributed by atoms with Gasteiger partial charge < -0.3 is 19.9 Å². The molecule has 29 heavy (non-hydrogen) atoms. The molecule has 0 saturated carbocycles. The molecular formula is C22H25N5OS. The van der Waals surface area contributed by atoms with E-state index in [-0.39, 0.29) is 18.7 Å². The first-order valence-corrected chi connectivity index (χ1v) is 10.2. The average molecular weight is 408 g/mol. The molecule has 3 aromatic heterocycles. The highest BCUT2D eigenvalue weighted by Gasteiger charge is 2.40. The number of aryl methyl sites for hydroxylation is 1. The Balaban J connectivity index is 1.75. The Kier molecular flexibility index (Phi) is 5.60. The minimum Gasteiger partial charge on any atom is -0.395 e. The van der Waals surface area contributed by atoms with Crippen LogP contribution in [0.1, 0.15) is 40.3 Å². The molecule has 0 aliphatic carbocycles. The van der Waals surface area contributed by atoms with Crippen LogP contribution >= 0.6 is 12.2 Å². The summed E-state index contributed by atoms with van der Waals surface area (Å²) in [6, 6.07) is 12.2. The summed E-state index contributed by atoms with van der Waals surface area (Å²) < 4.78 is 2.32. The second kappa shape index (κ2) is 8.31. The zero-order valence-electron chi connectivity index (χ0n) is 16.6. The second-order valence-corrected chi connectivity index (χ2v) is 7.70. The standard InChI is InChI=1S/C22H25N5OS/c1-15-13-18(16(2)27(15)14-17-6-9-23-10-7-17)21-20(19-5-3-4-8-24-19)25-22(29)26(21)11-12-28/h3-10,13,20-21,28H,11-12,14H2,1-2H3,(H,25,29). The van der Waals surface area contributed by atoms with E-state index < -0.39 is 0 Å². The number of nitrogens with zero attached hydrogens (tertiary/aromatic N) is 4. The van der Waals surface area contributed by atoms with Crippen molar-refractivity contribution < 1.29 is 5.11 Å². The Hall–Kier alpha value is -2.77. The highest BCUT2D eigenvalue weighted by molar-refractivity contribution is 7.80. The number of aliphatic hydroxyl groups is 1. The topological polar surface area (TPSA) is 66.2 Å². The lowest BCUT2D eigenvalue weighted by Gasteiger charge is -2.27. The summed E-state index contributed by atoms with van der Waals surface area (Å²) in [5.74, 6) is 0. The van der Waals surface area contributed by atoms with E-state index in [1.165, 1.54) is 22.5 Å². The van der Waals surface area contributed by atoms with Gasteiger partial charge in [-0.3, -0.25) is 9.97 Å². The summed E-state index contributed by atoms with van der Waals surface area (Å²) in [4.78, 5) is 10.8. The summed E-state index contributed by atoms with van der Waals surface area (Å²) in [6.07, 6.45) is 5.45. The van der Waals surface area contributed by atoms with Crippen molar-refractivity contribution in [2.45, 2.75) is 32.5 Å². The fraction of sp³-hybridized carbons (Fsp3) is 0.318. The monoisotopic (exact) mass is 407 g/mol. The molecule has 6 nitrogen and oxygen atoms in total. The van der Waals surface area contributed by atoms with Gasteiger partial charge in [-0.05, 0) is 67.5 Å². The molecule has 0 spiro atoms. The number of hydrogen-bond acceptors (Lipinski definition) is 4. The molecule has 1 fully saturated rings. The first-order chi connectivity index (χ1) is 14.1. The number of nitrogens with one attached hydrogen (secondary N) is 1. The molecule has 0 aromatic carbocycles. The Morgan fingerprint density at radius 2 is 1.93 bits per heavy atom. The van der Waals surface area contributed by atoms with E-state index in [0.717, 1.165) is 12.2 Å². The molecule has 150 valence electrons. The number of rotatable bonds is 6. The fourth-order valence-electron chi connectivity index (χ4n) is 4.13. The Morgan fingerprint density at radius 3 is 2.62 bits per heavy atom. The lowest BCUT2D eigenvalue weighted by Crippen LogP contribution is -2.32. The van der Waals surface area contributed by atoms with Crippen molar-refractivity contribution in [2.75, 3.05) is 13.2 Å². The first kappa shape index (κ1) is 19.5. The second-order valence-electron chi connectivity index (χ2n) is 7.31. The van der Waals surface area contributed by atoms with Crippen molar-refractivity contribution in [1.29, 1.82) is 0 Å². The van der Waals surface area contributed by atoms with Crippen LogP contribution in [0.15, 0.2) is 55.0 Å². The zero-order chi connectivity index (χ0) is 20.4. The summed E-state index contributed by atoms with van der Waals surface area (Å²) in [5, 5.41) is 13.7. The maximum Gasteiger partial charge on any atom is 0.170 e. The molecule has 0 radical (unpaired) electrons. The normalized spacial score (nSPS) is 18.9. The van der Waals surface area contributed by atoms with E-state index in [4.69, 9.17) is 12.2 Å². The molecule has 1 saturated heterocycles. The third kappa shape index (κ3) is 3.75. The van der Waals surface area contributed by atoms with Gasteiger partial charge in [-0.2, -0.15) is 0 Å². The Labute approximate surface area is 176 Å². The highest BCUT2D eigenvalue weighted by Crippen LogP contribution is 2.40. The van der Waals surface area contributed by atoms with Crippen molar-refractivity contribution in [1.82, 2.24) is 24.8 Å². The molecule has 0 bridgehead atoms. The zero-order valence-corrected chi connectivity index (χ0v) is 17.4. The third-order valence-electron chi connectivity index (χ3n) is 5.56. The highest BCUT2D eigenvalue weighted by atomic mass is 32.1. The molecule has 7 heteroatoms. The van der Waals surface area contributed by atoms with Gasteiger partial charge in [0.25, 0.3) is 0 Å². The van der Waals surface area contributed by atoms with Gasteiger partial charge >= 0.3 is 0 Å². The van der Waals surface area contributed by atoms with Crippen molar-refractivity contribution in [3.8, 4) is 0 Å². The average Bonchev–Trinajstić information content (AvgIpc) is 3.21. The van der Waals surface area contributed by atoms with E-state index in [2.05, 4.69) is 44.7 Å². The van der Waals surface area contributed by atoms with Gasteiger partial charge in [0.05, 0.1) is 24.4 Å². The van der Waals surface area contributed by atoms with Crippen LogP contribution in [0.4, 0.5) is 0 Å². The number of thiocarbonyl (C=S) groups is 1. The van der Waals surface area contributed by atoms with Gasteiger partial charge in [0.15, 0.2) is 5.11 Å². The lowest BCUT2D eigenvalue weighted by molar-refractivity contribution is 0.222. The maximum atomic E-state index is 9.63. The van der Waals surface area contributed by atoms with Crippen molar-refractivity contribution in [2.24, 2.45) is 0 Å². The molecule has 2 atom stereocenters. The van der Waals surface area contributed by atoms with Crippen LogP contribution in [0, 0.1) is 13.8 Å². The molecule has 0 amide bonds. The summed E-state index contributed by atoms with van der Waals surface area (Å²) in [7, 11) is 0. The van der Waals surface area contributed by atoms with Crippen LogP contribution in [0.5, 0.6) is 0 Å². The van der Waals surface area contributed by atoms with Gasteiger partial charge in [-0.1, -0.05) is 6.07 Å². The molecule has 4 rings (SSSR count). The van der Waals surface area contributed by atoms with Crippen molar-refractivity contribution in [3.63, 3.8) is 0 Å². The van der Waals surface area contributed by atoms with Crippen LogP contribution in [0.2, 0.25) is 0 Å². The molecule has 1 aliphatic heterocycles. The smallest absolute Gasteiger partial charge is 0.170 e. The molecule has 2 N–H and O–H groups in total. The summed E-state index contributed by atoms with van der Waals surface area (Å²) in [5.41, 5.74) is 5.74. The Morgan fingerprint density at radius 1 is 1.14 bits per heavy atom. The maximum absolute atomic E-state index is 9.63. The predicted octanol–water partition coefficient (Wildman–Crippen LogP) is 2.91. The molecule has 3 aromatic rings. The summed E-state index contributed by atoms with van der Waals surface area (Å²) >= 11 is 5.61. The number of hydrogen-bond donors (Lipinski definition) is 2.